The first-order valence-corrected chi connectivity index (χ1v) is 8.41. The van der Waals surface area contributed by atoms with E-state index < -0.39 is 0 Å². The maximum absolute atomic E-state index is 5.68. The molecule has 21 heavy (non-hydrogen) atoms. The number of para-hydroxylation sites is 2. The quantitative estimate of drug-likeness (QED) is 0.586. The molecule has 120 valence electrons. The molecule has 3 heteroatoms. The van der Waals surface area contributed by atoms with E-state index in [1.807, 2.05) is 12.1 Å². The lowest BCUT2D eigenvalue weighted by Crippen LogP contribution is -2.27. The smallest absolute Gasteiger partial charge is 0.142 e. The summed E-state index contributed by atoms with van der Waals surface area (Å²) >= 11 is 0. The normalized spacial score (nSPS) is 10.6. The van der Waals surface area contributed by atoms with Crippen LogP contribution in [-0.2, 0) is 0 Å². The Morgan fingerprint density at radius 3 is 2.33 bits per heavy atom. The van der Waals surface area contributed by atoms with Crippen molar-refractivity contribution in [3.05, 3.63) is 24.3 Å². The zero-order valence-corrected chi connectivity index (χ0v) is 13.8. The molecule has 0 heterocycles. The van der Waals surface area contributed by atoms with E-state index in [1.165, 1.54) is 44.2 Å². The van der Waals surface area contributed by atoms with Crippen molar-refractivity contribution in [2.45, 2.75) is 51.9 Å². The molecule has 0 saturated heterocycles. The van der Waals surface area contributed by atoms with E-state index in [2.05, 4.69) is 24.0 Å². The van der Waals surface area contributed by atoms with Gasteiger partial charge in [-0.1, -0.05) is 51.2 Å². The first kappa shape index (κ1) is 17.8. The number of methoxy groups -OCH3 is 1. The molecule has 0 spiro atoms. The summed E-state index contributed by atoms with van der Waals surface area (Å²) in [5.74, 6) is 0.959. The molecule has 0 aromatic heterocycles. The van der Waals surface area contributed by atoms with E-state index in [9.17, 15) is 0 Å². The zero-order valence-electron chi connectivity index (χ0n) is 13.8. The van der Waals surface area contributed by atoms with Crippen LogP contribution in [0, 0.1) is 0 Å². The third-order valence-corrected chi connectivity index (χ3v) is 3.84. The minimum Gasteiger partial charge on any atom is -0.495 e. The van der Waals surface area contributed by atoms with Crippen LogP contribution in [0.3, 0.4) is 0 Å². The summed E-state index contributed by atoms with van der Waals surface area (Å²) in [7, 11) is 1.74. The van der Waals surface area contributed by atoms with E-state index in [0.29, 0.717) is 0 Å². The molecule has 0 unspecified atom stereocenters. The monoisotopic (exact) mass is 292 g/mol. The van der Waals surface area contributed by atoms with Crippen molar-refractivity contribution in [2.24, 2.45) is 5.73 Å². The highest BCUT2D eigenvalue weighted by Gasteiger charge is 2.10. The number of benzene rings is 1. The molecule has 1 aromatic rings. The van der Waals surface area contributed by atoms with E-state index in [4.69, 9.17) is 10.5 Å². The van der Waals surface area contributed by atoms with Gasteiger partial charge in [-0.2, -0.15) is 0 Å². The highest BCUT2D eigenvalue weighted by atomic mass is 16.5. The summed E-state index contributed by atoms with van der Waals surface area (Å²) in [6, 6.07) is 8.28. The SMILES string of the molecule is CCCCCCCCN(CCCN)c1ccccc1OC. The fourth-order valence-corrected chi connectivity index (χ4v) is 2.61. The Balaban J connectivity index is 2.51. The molecule has 0 saturated carbocycles. The van der Waals surface area contributed by atoms with Crippen LogP contribution in [0.2, 0.25) is 0 Å². The largest absolute Gasteiger partial charge is 0.495 e. The van der Waals surface area contributed by atoms with Gasteiger partial charge in [0.1, 0.15) is 5.75 Å². The second-order valence-corrected chi connectivity index (χ2v) is 5.57. The van der Waals surface area contributed by atoms with E-state index in [1.54, 1.807) is 7.11 Å². The summed E-state index contributed by atoms with van der Waals surface area (Å²) in [4.78, 5) is 2.42. The van der Waals surface area contributed by atoms with Gasteiger partial charge in [-0.3, -0.25) is 0 Å². The van der Waals surface area contributed by atoms with Gasteiger partial charge in [0.2, 0.25) is 0 Å². The molecule has 1 aromatic carbocycles. The minimum absolute atomic E-state index is 0.738. The Bertz CT molecular complexity index is 368. The number of hydrogen-bond donors (Lipinski definition) is 1. The Labute approximate surface area is 130 Å². The van der Waals surface area contributed by atoms with Crippen LogP contribution in [0.25, 0.3) is 0 Å². The van der Waals surface area contributed by atoms with E-state index >= 15 is 0 Å². The Kier molecular flexibility index (Phi) is 9.71. The number of hydrogen-bond acceptors (Lipinski definition) is 3. The molecule has 3 nitrogen and oxygen atoms in total. The Morgan fingerprint density at radius 1 is 0.952 bits per heavy atom. The van der Waals surface area contributed by atoms with Gasteiger partial charge in [-0.15, -0.1) is 0 Å². The summed E-state index contributed by atoms with van der Waals surface area (Å²) in [6.45, 7) is 5.09. The molecular formula is C18H32N2O. The molecule has 1 rings (SSSR count). The molecule has 0 amide bonds. The number of unbranched alkanes of at least 4 members (excludes halogenated alkanes) is 5. The van der Waals surface area contributed by atoms with Crippen LogP contribution in [0.15, 0.2) is 24.3 Å². The third-order valence-electron chi connectivity index (χ3n) is 3.84. The van der Waals surface area contributed by atoms with Crippen LogP contribution in [-0.4, -0.2) is 26.7 Å². The molecule has 0 aliphatic heterocycles. The Morgan fingerprint density at radius 2 is 1.62 bits per heavy atom. The Hall–Kier alpha value is -1.22. The summed E-state index contributed by atoms with van der Waals surface area (Å²) in [6.07, 6.45) is 8.97. The van der Waals surface area contributed by atoms with Gasteiger partial charge in [0.15, 0.2) is 0 Å². The van der Waals surface area contributed by atoms with Crippen molar-refractivity contribution in [3.63, 3.8) is 0 Å². The highest BCUT2D eigenvalue weighted by Crippen LogP contribution is 2.28. The number of ether oxygens (including phenoxy) is 1. The maximum atomic E-state index is 5.68. The summed E-state index contributed by atoms with van der Waals surface area (Å²) < 4.78 is 5.49. The molecule has 0 radical (unpaired) electrons. The lowest BCUT2D eigenvalue weighted by atomic mass is 10.1. The van der Waals surface area contributed by atoms with Gasteiger partial charge < -0.3 is 15.4 Å². The second kappa shape index (κ2) is 11.4. The molecule has 0 atom stereocenters. The highest BCUT2D eigenvalue weighted by molar-refractivity contribution is 5.58. The molecule has 0 fully saturated rings. The lowest BCUT2D eigenvalue weighted by molar-refractivity contribution is 0.414. The lowest BCUT2D eigenvalue weighted by Gasteiger charge is -2.26. The third kappa shape index (κ3) is 6.85. The van der Waals surface area contributed by atoms with E-state index in [0.717, 1.165) is 31.8 Å². The maximum Gasteiger partial charge on any atom is 0.142 e. The van der Waals surface area contributed by atoms with Crippen molar-refractivity contribution in [1.82, 2.24) is 0 Å². The van der Waals surface area contributed by atoms with Crippen LogP contribution < -0.4 is 15.4 Å². The predicted molar refractivity (Wildman–Crippen MR) is 92.3 cm³/mol. The second-order valence-electron chi connectivity index (χ2n) is 5.57. The van der Waals surface area contributed by atoms with Gasteiger partial charge in [0.25, 0.3) is 0 Å². The minimum atomic E-state index is 0.738. The van der Waals surface area contributed by atoms with Crippen molar-refractivity contribution in [2.75, 3.05) is 31.6 Å². The van der Waals surface area contributed by atoms with Crippen LogP contribution >= 0.6 is 0 Å². The molecule has 0 aliphatic rings. The first-order valence-electron chi connectivity index (χ1n) is 8.41. The van der Waals surface area contributed by atoms with Gasteiger partial charge in [0.05, 0.1) is 12.8 Å². The summed E-state index contributed by atoms with van der Waals surface area (Å²) in [5, 5.41) is 0. The summed E-state index contributed by atoms with van der Waals surface area (Å²) in [5.41, 5.74) is 6.87. The number of nitrogens with two attached hydrogens (primary N) is 1. The molecule has 0 bridgehead atoms. The number of rotatable bonds is 12. The first-order chi connectivity index (χ1) is 10.3. The van der Waals surface area contributed by atoms with E-state index in [-0.39, 0.29) is 0 Å². The van der Waals surface area contributed by atoms with Crippen LogP contribution in [0.1, 0.15) is 51.9 Å². The standard InChI is InChI=1S/C18H32N2O/c1-3-4-5-6-7-10-15-20(16-11-14-19)17-12-8-9-13-18(17)21-2/h8-9,12-13H,3-7,10-11,14-16,19H2,1-2H3. The van der Waals surface area contributed by atoms with Crippen molar-refractivity contribution in [3.8, 4) is 5.75 Å². The van der Waals surface area contributed by atoms with Crippen LogP contribution in [0.5, 0.6) is 5.75 Å². The average molecular weight is 292 g/mol. The molecule has 0 aliphatic carbocycles. The number of anilines is 1. The fourth-order valence-electron chi connectivity index (χ4n) is 2.61. The van der Waals surface area contributed by atoms with Crippen molar-refractivity contribution in [1.29, 1.82) is 0 Å². The average Bonchev–Trinajstić information content (AvgIpc) is 2.53. The van der Waals surface area contributed by atoms with Crippen LogP contribution in [0.4, 0.5) is 5.69 Å². The van der Waals surface area contributed by atoms with Gasteiger partial charge in [-0.05, 0) is 31.5 Å². The number of nitrogens with zero attached hydrogens (tertiary/aromatic N) is 1. The topological polar surface area (TPSA) is 38.5 Å². The van der Waals surface area contributed by atoms with Crippen molar-refractivity contribution < 1.29 is 4.74 Å². The van der Waals surface area contributed by atoms with Gasteiger partial charge in [-0.25, -0.2) is 0 Å². The zero-order chi connectivity index (χ0) is 15.3. The molecule has 2 N–H and O–H groups in total. The fraction of sp³-hybridized carbons (Fsp3) is 0.667. The van der Waals surface area contributed by atoms with Crippen molar-refractivity contribution >= 4 is 5.69 Å². The molecular weight excluding hydrogens is 260 g/mol. The van der Waals surface area contributed by atoms with Gasteiger partial charge >= 0.3 is 0 Å². The van der Waals surface area contributed by atoms with Gasteiger partial charge in [0, 0.05) is 13.1 Å². The predicted octanol–water partition coefficient (Wildman–Crippen LogP) is 4.21.